The van der Waals surface area contributed by atoms with Gasteiger partial charge in [-0.1, -0.05) is 0 Å². The van der Waals surface area contributed by atoms with Crippen molar-refractivity contribution in [3.05, 3.63) is 22.8 Å². The van der Waals surface area contributed by atoms with Crippen LogP contribution in [0.3, 0.4) is 0 Å². The Balaban J connectivity index is 1.60. The Labute approximate surface area is 139 Å². The molecule has 4 rings (SSSR count). The Hall–Kier alpha value is -1.07. The number of fused-ring (bicyclic) bond motifs is 1. The second kappa shape index (κ2) is 5.85. The summed E-state index contributed by atoms with van der Waals surface area (Å²) in [6, 6.07) is 4.90. The molecular formula is C17H22BrN3O. The molecule has 0 spiro atoms. The number of halogens is 1. The summed E-state index contributed by atoms with van der Waals surface area (Å²) in [5.41, 5.74) is 2.36. The van der Waals surface area contributed by atoms with Gasteiger partial charge >= 0.3 is 0 Å². The maximum atomic E-state index is 9.27. The van der Waals surface area contributed by atoms with E-state index in [1.165, 1.54) is 22.0 Å². The normalized spacial score (nSPS) is 25.5. The van der Waals surface area contributed by atoms with Crippen LogP contribution in [0, 0.1) is 5.92 Å². The lowest BCUT2D eigenvalue weighted by Crippen LogP contribution is -2.37. The lowest BCUT2D eigenvalue weighted by molar-refractivity contribution is 0.165. The van der Waals surface area contributed by atoms with E-state index >= 15 is 0 Å². The minimum absolute atomic E-state index is 0.333. The van der Waals surface area contributed by atoms with Crippen molar-refractivity contribution < 1.29 is 5.11 Å². The van der Waals surface area contributed by atoms with Crippen LogP contribution in [-0.2, 0) is 0 Å². The highest BCUT2D eigenvalue weighted by atomic mass is 79.9. The molecule has 1 N–H and O–H groups in total. The lowest BCUT2D eigenvalue weighted by atomic mass is 9.87. The molecule has 1 saturated heterocycles. The van der Waals surface area contributed by atoms with E-state index < -0.39 is 0 Å². The van der Waals surface area contributed by atoms with Gasteiger partial charge in [-0.25, -0.2) is 0 Å². The van der Waals surface area contributed by atoms with E-state index in [1.54, 1.807) is 0 Å². The van der Waals surface area contributed by atoms with Crippen molar-refractivity contribution in [2.75, 3.05) is 24.6 Å². The van der Waals surface area contributed by atoms with Crippen molar-refractivity contribution >= 4 is 32.5 Å². The molecule has 4 nitrogen and oxygen atoms in total. The van der Waals surface area contributed by atoms with Gasteiger partial charge in [-0.3, -0.25) is 4.68 Å². The first-order valence-electron chi connectivity index (χ1n) is 8.29. The van der Waals surface area contributed by atoms with Crippen molar-refractivity contribution in [2.24, 2.45) is 5.92 Å². The average molecular weight is 364 g/mol. The number of rotatable bonds is 3. The van der Waals surface area contributed by atoms with E-state index in [2.05, 4.69) is 43.8 Å². The number of aliphatic hydroxyl groups is 1. The standard InChI is InChI=1S/C17H22BrN3O/c18-15-8-13-10-21(14-4-2-12(11-22)3-5-14)19-16(13)9-17(15)20-6-1-7-20/h8-10,12,14,22H,1-7,11H2. The van der Waals surface area contributed by atoms with Crippen molar-refractivity contribution in [2.45, 2.75) is 38.1 Å². The molecular weight excluding hydrogens is 342 g/mol. The van der Waals surface area contributed by atoms with Gasteiger partial charge in [0.1, 0.15) is 0 Å². The predicted octanol–water partition coefficient (Wildman–Crippen LogP) is 3.73. The minimum atomic E-state index is 0.333. The van der Waals surface area contributed by atoms with Crippen molar-refractivity contribution in [3.63, 3.8) is 0 Å². The van der Waals surface area contributed by atoms with Gasteiger partial charge in [0.2, 0.25) is 0 Å². The van der Waals surface area contributed by atoms with Crippen LogP contribution >= 0.6 is 15.9 Å². The van der Waals surface area contributed by atoms with E-state index in [1.807, 2.05) is 0 Å². The Kier molecular flexibility index (Phi) is 3.86. The number of aromatic nitrogens is 2. The predicted molar refractivity (Wildman–Crippen MR) is 92.3 cm³/mol. The number of nitrogens with zero attached hydrogens (tertiary/aromatic N) is 3. The number of anilines is 1. The van der Waals surface area contributed by atoms with Gasteiger partial charge in [-0.15, -0.1) is 0 Å². The van der Waals surface area contributed by atoms with Crippen LogP contribution < -0.4 is 4.90 Å². The third-order valence-corrected chi connectivity index (χ3v) is 5.87. The second-order valence-corrected chi connectivity index (χ2v) is 7.52. The lowest BCUT2D eigenvalue weighted by Gasteiger charge is -2.33. The largest absolute Gasteiger partial charge is 0.396 e. The fourth-order valence-electron chi connectivity index (χ4n) is 3.63. The summed E-state index contributed by atoms with van der Waals surface area (Å²) in [6.07, 6.45) is 7.94. The van der Waals surface area contributed by atoms with E-state index in [9.17, 15) is 5.11 Å². The summed E-state index contributed by atoms with van der Waals surface area (Å²) in [6.45, 7) is 2.63. The summed E-state index contributed by atoms with van der Waals surface area (Å²) in [5.74, 6) is 0.494. The SMILES string of the molecule is OCC1CCC(n2cc3cc(Br)c(N4CCC4)cc3n2)CC1. The van der Waals surface area contributed by atoms with Gasteiger partial charge in [0.15, 0.2) is 0 Å². The fourth-order valence-corrected chi connectivity index (χ4v) is 4.24. The third kappa shape index (κ3) is 2.54. The average Bonchev–Trinajstić information content (AvgIpc) is 2.89. The summed E-state index contributed by atoms with van der Waals surface area (Å²) in [7, 11) is 0. The first kappa shape index (κ1) is 14.5. The molecule has 1 saturated carbocycles. The minimum Gasteiger partial charge on any atom is -0.396 e. The van der Waals surface area contributed by atoms with Crippen LogP contribution in [-0.4, -0.2) is 34.6 Å². The number of hydrogen-bond acceptors (Lipinski definition) is 3. The molecule has 2 fully saturated rings. The zero-order chi connectivity index (χ0) is 15.1. The number of benzene rings is 1. The van der Waals surface area contributed by atoms with Crippen LogP contribution in [0.15, 0.2) is 22.8 Å². The van der Waals surface area contributed by atoms with Crippen molar-refractivity contribution in [1.29, 1.82) is 0 Å². The Morgan fingerprint density at radius 2 is 1.95 bits per heavy atom. The van der Waals surface area contributed by atoms with Crippen LogP contribution in [0.25, 0.3) is 10.9 Å². The van der Waals surface area contributed by atoms with Crippen molar-refractivity contribution in [3.8, 4) is 0 Å². The first-order valence-corrected chi connectivity index (χ1v) is 9.08. The molecule has 2 aromatic rings. The molecule has 0 bridgehead atoms. The van der Waals surface area contributed by atoms with Gasteiger partial charge in [-0.2, -0.15) is 5.10 Å². The second-order valence-electron chi connectivity index (χ2n) is 6.67. The molecule has 0 atom stereocenters. The van der Waals surface area contributed by atoms with E-state index in [0.717, 1.165) is 44.3 Å². The molecule has 5 heteroatoms. The van der Waals surface area contributed by atoms with Gasteiger partial charge in [0.05, 0.1) is 17.2 Å². The fraction of sp³-hybridized carbons (Fsp3) is 0.588. The van der Waals surface area contributed by atoms with E-state index in [0.29, 0.717) is 18.6 Å². The molecule has 2 aliphatic rings. The number of aliphatic hydroxyl groups excluding tert-OH is 1. The third-order valence-electron chi connectivity index (χ3n) is 5.24. The topological polar surface area (TPSA) is 41.3 Å². The highest BCUT2D eigenvalue weighted by Crippen LogP contribution is 2.36. The highest BCUT2D eigenvalue weighted by molar-refractivity contribution is 9.10. The summed E-state index contributed by atoms with van der Waals surface area (Å²) >= 11 is 3.71. The Bertz CT molecular complexity index is 672. The molecule has 0 amide bonds. The van der Waals surface area contributed by atoms with E-state index in [-0.39, 0.29) is 0 Å². The van der Waals surface area contributed by atoms with Crippen LogP contribution in [0.5, 0.6) is 0 Å². The molecule has 118 valence electrons. The van der Waals surface area contributed by atoms with Gasteiger partial charge < -0.3 is 10.0 Å². The molecule has 1 aromatic carbocycles. The summed E-state index contributed by atoms with van der Waals surface area (Å²) in [5, 5.41) is 15.3. The number of hydrogen-bond donors (Lipinski definition) is 1. The van der Waals surface area contributed by atoms with Gasteiger partial charge in [0.25, 0.3) is 0 Å². The molecule has 0 radical (unpaired) electrons. The zero-order valence-corrected chi connectivity index (χ0v) is 14.3. The van der Waals surface area contributed by atoms with E-state index in [4.69, 9.17) is 5.10 Å². The molecule has 1 aromatic heterocycles. The molecule has 1 aliphatic heterocycles. The maximum Gasteiger partial charge on any atom is 0.0944 e. The maximum absolute atomic E-state index is 9.27. The van der Waals surface area contributed by atoms with Gasteiger partial charge in [-0.05, 0) is 66.1 Å². The first-order chi connectivity index (χ1) is 10.7. The molecule has 22 heavy (non-hydrogen) atoms. The molecule has 0 unspecified atom stereocenters. The van der Waals surface area contributed by atoms with Crippen LogP contribution in [0.2, 0.25) is 0 Å². The Morgan fingerprint density at radius 3 is 2.59 bits per heavy atom. The molecule has 1 aliphatic carbocycles. The monoisotopic (exact) mass is 363 g/mol. The summed E-state index contributed by atoms with van der Waals surface area (Å²) in [4.78, 5) is 2.40. The molecule has 2 heterocycles. The Morgan fingerprint density at radius 1 is 1.18 bits per heavy atom. The smallest absolute Gasteiger partial charge is 0.0944 e. The summed E-state index contributed by atoms with van der Waals surface area (Å²) < 4.78 is 3.33. The quantitative estimate of drug-likeness (QED) is 0.902. The van der Waals surface area contributed by atoms with Gasteiger partial charge in [0, 0.05) is 35.8 Å². The van der Waals surface area contributed by atoms with Crippen molar-refractivity contribution in [1.82, 2.24) is 9.78 Å². The highest BCUT2D eigenvalue weighted by Gasteiger charge is 2.23. The van der Waals surface area contributed by atoms with Crippen LogP contribution in [0.1, 0.15) is 38.1 Å². The van der Waals surface area contributed by atoms with Crippen LogP contribution in [0.4, 0.5) is 5.69 Å². The zero-order valence-electron chi connectivity index (χ0n) is 12.7.